The van der Waals surface area contributed by atoms with Gasteiger partial charge in [0, 0.05) is 22.9 Å². The summed E-state index contributed by atoms with van der Waals surface area (Å²) in [5.41, 5.74) is 7.90. The molecule has 0 atom stereocenters. The van der Waals surface area contributed by atoms with E-state index in [9.17, 15) is 0 Å². The van der Waals surface area contributed by atoms with Gasteiger partial charge in [0.15, 0.2) is 11.9 Å². The molecule has 3 heteroatoms. The zero-order valence-corrected chi connectivity index (χ0v) is 16.3. The Morgan fingerprint density at radius 3 is 2.45 bits per heavy atom. The predicted molar refractivity (Wildman–Crippen MR) is 117 cm³/mol. The van der Waals surface area contributed by atoms with Gasteiger partial charge in [-0.3, -0.25) is 0 Å². The van der Waals surface area contributed by atoms with Gasteiger partial charge < -0.3 is 4.42 Å². The molecule has 5 aromatic rings. The second-order valence-electron chi connectivity index (χ2n) is 7.31. The van der Waals surface area contributed by atoms with E-state index >= 15 is 0 Å². The quantitative estimate of drug-likeness (QED) is 0.251. The van der Waals surface area contributed by atoms with E-state index in [0.717, 1.165) is 38.8 Å². The summed E-state index contributed by atoms with van der Waals surface area (Å²) in [7, 11) is 2.06. The fraction of sp³-hybridized carbons (Fsp3) is 0.0769. The molecule has 3 aromatic carbocycles. The summed E-state index contributed by atoms with van der Waals surface area (Å²) in [5.74, 6) is 0. The topological polar surface area (TPSA) is 21.4 Å². The van der Waals surface area contributed by atoms with Crippen LogP contribution < -0.4 is 4.57 Å². The van der Waals surface area contributed by atoms with Gasteiger partial charge in [-0.1, -0.05) is 54.6 Å². The summed E-state index contributed by atoms with van der Waals surface area (Å²) in [5, 5.41) is 2.11. The fourth-order valence-electron chi connectivity index (χ4n) is 3.94. The van der Waals surface area contributed by atoms with Gasteiger partial charge in [-0.05, 0) is 29.7 Å². The Morgan fingerprint density at radius 1 is 0.862 bits per heavy atom. The Hall–Kier alpha value is -3.90. The lowest BCUT2D eigenvalue weighted by atomic mass is 9.98. The van der Waals surface area contributed by atoms with E-state index < -0.39 is 0 Å². The van der Waals surface area contributed by atoms with Gasteiger partial charge in [0.2, 0.25) is 5.69 Å². The highest BCUT2D eigenvalue weighted by Gasteiger charge is 2.21. The molecule has 29 heavy (non-hydrogen) atoms. The second-order valence-corrected chi connectivity index (χ2v) is 7.31. The molecule has 0 spiro atoms. The lowest BCUT2D eigenvalue weighted by molar-refractivity contribution is -0.660. The Bertz CT molecular complexity index is 1420. The van der Waals surface area contributed by atoms with Gasteiger partial charge in [-0.2, -0.15) is 0 Å². The van der Waals surface area contributed by atoms with Crippen molar-refractivity contribution >= 4 is 27.6 Å². The molecule has 138 valence electrons. The van der Waals surface area contributed by atoms with Gasteiger partial charge in [0.1, 0.15) is 18.2 Å². The number of hydrogen-bond donors (Lipinski definition) is 0. The van der Waals surface area contributed by atoms with Gasteiger partial charge in [-0.25, -0.2) is 9.41 Å². The highest BCUT2D eigenvalue weighted by molar-refractivity contribution is 6.10. The molecule has 5 rings (SSSR count). The number of benzene rings is 3. The molecule has 0 aliphatic carbocycles. The van der Waals surface area contributed by atoms with Crippen molar-refractivity contribution in [2.24, 2.45) is 7.05 Å². The smallest absolute Gasteiger partial charge is 0.216 e. The van der Waals surface area contributed by atoms with Gasteiger partial charge in [-0.15, -0.1) is 0 Å². The second kappa shape index (κ2) is 6.61. The van der Waals surface area contributed by atoms with E-state index in [1.165, 1.54) is 11.1 Å². The van der Waals surface area contributed by atoms with Crippen LogP contribution in [0.25, 0.3) is 49.2 Å². The minimum absolute atomic E-state index is 0.589. The van der Waals surface area contributed by atoms with E-state index in [1.54, 1.807) is 0 Å². The molecule has 2 aromatic heterocycles. The van der Waals surface area contributed by atoms with E-state index in [2.05, 4.69) is 78.1 Å². The molecule has 0 saturated carbocycles. The first-order chi connectivity index (χ1) is 14.2. The Labute approximate surface area is 169 Å². The number of rotatable bonds is 2. The summed E-state index contributed by atoms with van der Waals surface area (Å²) >= 11 is 0. The standard InChI is InChI=1S/C26H19N2O/c1-17-9-11-22-21-12-10-20(27-2)16-24(21)29-26(22)25(17)23-15-19(13-14-28(23)3)18-7-5-4-6-8-18/h4-16H,1,3H3/q+1. The van der Waals surface area contributed by atoms with Gasteiger partial charge >= 0.3 is 0 Å². The number of aryl methyl sites for hydroxylation is 2. The van der Waals surface area contributed by atoms with Gasteiger partial charge in [0.05, 0.1) is 12.1 Å². The van der Waals surface area contributed by atoms with Crippen LogP contribution in [-0.2, 0) is 7.05 Å². The first-order valence-corrected chi connectivity index (χ1v) is 9.54. The van der Waals surface area contributed by atoms with Crippen LogP contribution in [0.1, 0.15) is 5.56 Å². The Kier molecular flexibility index (Phi) is 3.93. The van der Waals surface area contributed by atoms with Crippen LogP contribution in [-0.4, -0.2) is 0 Å². The molecule has 0 N–H and O–H groups in total. The summed E-state index contributed by atoms with van der Waals surface area (Å²) in [6.45, 7) is 9.39. The zero-order chi connectivity index (χ0) is 20.0. The van der Waals surface area contributed by atoms with Crippen LogP contribution in [0.5, 0.6) is 0 Å². The van der Waals surface area contributed by atoms with Crippen molar-refractivity contribution in [1.29, 1.82) is 0 Å². The third-order valence-electron chi connectivity index (χ3n) is 5.48. The van der Waals surface area contributed by atoms with Crippen LogP contribution in [0.4, 0.5) is 5.69 Å². The largest absolute Gasteiger partial charge is 0.456 e. The van der Waals surface area contributed by atoms with Crippen molar-refractivity contribution in [3.63, 3.8) is 0 Å². The van der Waals surface area contributed by atoms with E-state index in [1.807, 2.05) is 24.3 Å². The monoisotopic (exact) mass is 375 g/mol. The predicted octanol–water partition coefficient (Wildman–Crippen LogP) is 6.60. The number of pyridine rings is 1. The van der Waals surface area contributed by atoms with Crippen molar-refractivity contribution in [2.45, 2.75) is 6.92 Å². The molecule has 0 amide bonds. The van der Waals surface area contributed by atoms with Crippen LogP contribution in [0.3, 0.4) is 0 Å². The van der Waals surface area contributed by atoms with Crippen LogP contribution in [0.15, 0.2) is 83.4 Å². The minimum Gasteiger partial charge on any atom is -0.456 e. The summed E-state index contributed by atoms with van der Waals surface area (Å²) in [4.78, 5) is 3.53. The first-order valence-electron chi connectivity index (χ1n) is 9.54. The summed E-state index contributed by atoms with van der Waals surface area (Å²) in [6.07, 6.45) is 2.09. The summed E-state index contributed by atoms with van der Waals surface area (Å²) in [6, 6.07) is 24.6. The highest BCUT2D eigenvalue weighted by Crippen LogP contribution is 2.38. The third kappa shape index (κ3) is 2.78. The molecule has 0 saturated heterocycles. The van der Waals surface area contributed by atoms with Crippen molar-refractivity contribution in [1.82, 2.24) is 0 Å². The maximum atomic E-state index is 7.28. The van der Waals surface area contributed by atoms with Crippen molar-refractivity contribution in [3.8, 4) is 22.4 Å². The normalized spacial score (nSPS) is 11.1. The number of furan rings is 1. The molecular formula is C26H19N2O+. The molecule has 0 aliphatic heterocycles. The lowest BCUT2D eigenvalue weighted by Gasteiger charge is -2.08. The third-order valence-corrected chi connectivity index (χ3v) is 5.48. The zero-order valence-electron chi connectivity index (χ0n) is 16.3. The van der Waals surface area contributed by atoms with Crippen molar-refractivity contribution in [2.75, 3.05) is 0 Å². The van der Waals surface area contributed by atoms with E-state index in [-0.39, 0.29) is 0 Å². The van der Waals surface area contributed by atoms with Crippen molar-refractivity contribution in [3.05, 3.63) is 96.0 Å². The number of fused-ring (bicyclic) bond motifs is 3. The lowest BCUT2D eigenvalue weighted by Crippen LogP contribution is -2.30. The maximum Gasteiger partial charge on any atom is 0.216 e. The Morgan fingerprint density at radius 2 is 1.66 bits per heavy atom. The maximum absolute atomic E-state index is 7.28. The molecule has 2 heterocycles. The highest BCUT2D eigenvalue weighted by atomic mass is 16.3. The number of nitrogens with zero attached hydrogens (tertiary/aromatic N) is 2. The Balaban J connectivity index is 1.81. The molecule has 0 bridgehead atoms. The first kappa shape index (κ1) is 17.2. The average molecular weight is 375 g/mol. The van der Waals surface area contributed by atoms with E-state index in [4.69, 9.17) is 11.0 Å². The van der Waals surface area contributed by atoms with Crippen LogP contribution in [0, 0.1) is 13.5 Å². The van der Waals surface area contributed by atoms with Crippen LogP contribution >= 0.6 is 0 Å². The average Bonchev–Trinajstić information content (AvgIpc) is 3.12. The SMILES string of the molecule is [C-]#[N+]c1ccc2c(c1)oc1c(-c3cc(-c4ccccc4)cc[n+]3C)c(C)ccc12. The molecule has 0 fully saturated rings. The molecular weight excluding hydrogens is 356 g/mol. The fourth-order valence-corrected chi connectivity index (χ4v) is 3.94. The van der Waals surface area contributed by atoms with Gasteiger partial charge in [0.25, 0.3) is 0 Å². The molecule has 0 unspecified atom stereocenters. The summed E-state index contributed by atoms with van der Waals surface area (Å²) < 4.78 is 8.44. The molecule has 0 radical (unpaired) electrons. The van der Waals surface area contributed by atoms with E-state index in [0.29, 0.717) is 5.69 Å². The minimum atomic E-state index is 0.589. The van der Waals surface area contributed by atoms with Crippen LogP contribution in [0.2, 0.25) is 0 Å². The number of hydrogen-bond acceptors (Lipinski definition) is 1. The van der Waals surface area contributed by atoms with Crippen molar-refractivity contribution < 1.29 is 8.98 Å². The number of aromatic nitrogens is 1. The molecule has 0 aliphatic rings. The molecule has 3 nitrogen and oxygen atoms in total.